The first kappa shape index (κ1) is 12.8. The fourth-order valence-corrected chi connectivity index (χ4v) is 2.05. The molecule has 18 heavy (non-hydrogen) atoms. The van der Waals surface area contributed by atoms with Crippen molar-refractivity contribution in [3.8, 4) is 0 Å². The number of aromatic nitrogens is 3. The van der Waals surface area contributed by atoms with Gasteiger partial charge in [0.1, 0.15) is 0 Å². The quantitative estimate of drug-likeness (QED) is 0.840. The molecule has 4 nitrogen and oxygen atoms in total. The number of hydrogen-bond donors (Lipinski definition) is 1. The van der Waals surface area contributed by atoms with Crippen LogP contribution >= 0.6 is 0 Å². The van der Waals surface area contributed by atoms with Crippen LogP contribution in [-0.4, -0.2) is 27.9 Å². The van der Waals surface area contributed by atoms with Gasteiger partial charge in [-0.05, 0) is 50.1 Å². The highest BCUT2D eigenvalue weighted by molar-refractivity contribution is 5.14. The molecule has 0 aromatic carbocycles. The van der Waals surface area contributed by atoms with Gasteiger partial charge in [-0.15, -0.1) is 0 Å². The zero-order valence-corrected chi connectivity index (χ0v) is 11.0. The van der Waals surface area contributed by atoms with Gasteiger partial charge < -0.3 is 5.32 Å². The first-order chi connectivity index (χ1) is 8.81. The van der Waals surface area contributed by atoms with Gasteiger partial charge in [0.15, 0.2) is 0 Å². The van der Waals surface area contributed by atoms with Crippen LogP contribution in [0.25, 0.3) is 0 Å². The monoisotopic (exact) mass is 244 g/mol. The molecular weight excluding hydrogens is 224 g/mol. The highest BCUT2D eigenvalue weighted by atomic mass is 15.3. The number of nitrogens with zero attached hydrogens (tertiary/aromatic N) is 3. The van der Waals surface area contributed by atoms with Crippen LogP contribution in [0.3, 0.4) is 0 Å². The Morgan fingerprint density at radius 3 is 2.56 bits per heavy atom. The van der Waals surface area contributed by atoms with Crippen molar-refractivity contribution in [2.45, 2.75) is 32.4 Å². The van der Waals surface area contributed by atoms with Gasteiger partial charge in [-0.1, -0.05) is 0 Å². The van der Waals surface area contributed by atoms with Crippen molar-refractivity contribution in [1.29, 1.82) is 0 Å². The molecule has 1 unspecified atom stereocenters. The summed E-state index contributed by atoms with van der Waals surface area (Å²) in [5.74, 6) is 0. The fraction of sp³-hybridized carbons (Fsp3) is 0.429. The van der Waals surface area contributed by atoms with Crippen LogP contribution in [0.2, 0.25) is 0 Å². The predicted octanol–water partition coefficient (Wildman–Crippen LogP) is 1.67. The summed E-state index contributed by atoms with van der Waals surface area (Å²) in [6.45, 7) is 3.03. The molecule has 1 atom stereocenters. The van der Waals surface area contributed by atoms with Crippen molar-refractivity contribution in [2.75, 3.05) is 7.05 Å². The Balaban J connectivity index is 1.97. The molecule has 0 amide bonds. The van der Waals surface area contributed by atoms with Crippen LogP contribution in [0.1, 0.15) is 18.1 Å². The van der Waals surface area contributed by atoms with Crippen LogP contribution in [0.4, 0.5) is 0 Å². The Bertz CT molecular complexity index is 464. The van der Waals surface area contributed by atoms with Gasteiger partial charge in [-0.25, -0.2) is 0 Å². The van der Waals surface area contributed by atoms with Crippen molar-refractivity contribution in [2.24, 2.45) is 0 Å². The molecule has 2 aromatic heterocycles. The van der Waals surface area contributed by atoms with E-state index in [1.54, 1.807) is 0 Å². The predicted molar refractivity (Wildman–Crippen MR) is 72.4 cm³/mol. The fourth-order valence-electron chi connectivity index (χ4n) is 2.05. The van der Waals surface area contributed by atoms with E-state index in [-0.39, 0.29) is 0 Å². The zero-order chi connectivity index (χ0) is 12.8. The Hall–Kier alpha value is -1.68. The number of hydrogen-bond acceptors (Lipinski definition) is 3. The lowest BCUT2D eigenvalue weighted by Crippen LogP contribution is -2.29. The van der Waals surface area contributed by atoms with Crippen LogP contribution in [-0.2, 0) is 19.4 Å². The van der Waals surface area contributed by atoms with E-state index in [4.69, 9.17) is 0 Å². The molecule has 96 valence electrons. The third kappa shape index (κ3) is 3.40. The molecule has 0 radical (unpaired) electrons. The topological polar surface area (TPSA) is 42.7 Å². The van der Waals surface area contributed by atoms with Crippen LogP contribution in [0.15, 0.2) is 36.9 Å². The number of rotatable bonds is 6. The van der Waals surface area contributed by atoms with Crippen molar-refractivity contribution in [3.63, 3.8) is 0 Å². The highest BCUT2D eigenvalue weighted by Gasteiger charge is 2.09. The van der Waals surface area contributed by atoms with Crippen LogP contribution in [0, 0.1) is 0 Å². The molecular formula is C14H20N4. The Kier molecular flexibility index (Phi) is 4.47. The van der Waals surface area contributed by atoms with Crippen molar-refractivity contribution in [3.05, 3.63) is 48.0 Å². The third-order valence-electron chi connectivity index (χ3n) is 3.13. The number of pyridine rings is 1. The van der Waals surface area contributed by atoms with E-state index < -0.39 is 0 Å². The molecule has 1 N–H and O–H groups in total. The summed E-state index contributed by atoms with van der Waals surface area (Å²) in [6, 6.07) is 4.57. The molecule has 0 aliphatic heterocycles. The van der Waals surface area contributed by atoms with E-state index in [1.807, 2.05) is 30.3 Å². The molecule has 4 heteroatoms. The summed E-state index contributed by atoms with van der Waals surface area (Å²) < 4.78 is 1.97. The average molecular weight is 244 g/mol. The van der Waals surface area contributed by atoms with E-state index in [9.17, 15) is 0 Å². The standard InChI is InChI=1S/C14H20N4/c1-3-18-11-13(10-17-18)9-14(15-2)8-12-4-6-16-7-5-12/h4-7,10-11,14-15H,3,8-9H2,1-2H3. The van der Waals surface area contributed by atoms with E-state index >= 15 is 0 Å². The van der Waals surface area contributed by atoms with Gasteiger partial charge >= 0.3 is 0 Å². The van der Waals surface area contributed by atoms with Gasteiger partial charge in [0.05, 0.1) is 6.20 Å². The Morgan fingerprint density at radius 1 is 1.22 bits per heavy atom. The lowest BCUT2D eigenvalue weighted by Gasteiger charge is -2.15. The first-order valence-electron chi connectivity index (χ1n) is 6.39. The molecule has 0 spiro atoms. The third-order valence-corrected chi connectivity index (χ3v) is 3.13. The smallest absolute Gasteiger partial charge is 0.0522 e. The lowest BCUT2D eigenvalue weighted by molar-refractivity contribution is 0.555. The van der Waals surface area contributed by atoms with Crippen molar-refractivity contribution in [1.82, 2.24) is 20.1 Å². The maximum absolute atomic E-state index is 4.31. The van der Waals surface area contributed by atoms with Crippen molar-refractivity contribution >= 4 is 0 Å². The summed E-state index contributed by atoms with van der Waals surface area (Å²) in [5.41, 5.74) is 2.59. The summed E-state index contributed by atoms with van der Waals surface area (Å²) in [4.78, 5) is 4.04. The van der Waals surface area contributed by atoms with E-state index in [0.717, 1.165) is 19.4 Å². The summed E-state index contributed by atoms with van der Waals surface area (Å²) in [6.07, 6.45) is 9.78. The van der Waals surface area contributed by atoms with Crippen LogP contribution < -0.4 is 5.32 Å². The van der Waals surface area contributed by atoms with E-state index in [0.29, 0.717) is 6.04 Å². The number of nitrogens with one attached hydrogen (secondary N) is 1. The minimum Gasteiger partial charge on any atom is -0.316 e. The maximum Gasteiger partial charge on any atom is 0.0522 e. The minimum atomic E-state index is 0.432. The summed E-state index contributed by atoms with van der Waals surface area (Å²) in [7, 11) is 2.01. The van der Waals surface area contributed by atoms with E-state index in [2.05, 4.69) is 40.7 Å². The second kappa shape index (κ2) is 6.31. The average Bonchev–Trinajstić information content (AvgIpc) is 2.87. The number of likely N-dealkylation sites (N-methyl/N-ethyl adjacent to an activating group) is 1. The summed E-state index contributed by atoms with van der Waals surface area (Å²) in [5, 5.41) is 7.68. The minimum absolute atomic E-state index is 0.432. The van der Waals surface area contributed by atoms with Gasteiger partial charge in [0.25, 0.3) is 0 Å². The Morgan fingerprint density at radius 2 is 1.94 bits per heavy atom. The molecule has 0 saturated heterocycles. The van der Waals surface area contributed by atoms with Crippen LogP contribution in [0.5, 0.6) is 0 Å². The maximum atomic E-state index is 4.31. The molecule has 0 bridgehead atoms. The van der Waals surface area contributed by atoms with Crippen molar-refractivity contribution < 1.29 is 0 Å². The molecule has 0 aliphatic carbocycles. The largest absolute Gasteiger partial charge is 0.316 e. The van der Waals surface area contributed by atoms with Gasteiger partial charge in [-0.2, -0.15) is 5.10 Å². The molecule has 2 aromatic rings. The SMILES string of the molecule is CCn1cc(CC(Cc2ccncc2)NC)cn1. The highest BCUT2D eigenvalue weighted by Crippen LogP contribution is 2.08. The van der Waals surface area contributed by atoms with Gasteiger partial charge in [0, 0.05) is 31.2 Å². The first-order valence-corrected chi connectivity index (χ1v) is 6.39. The summed E-state index contributed by atoms with van der Waals surface area (Å²) >= 11 is 0. The molecule has 0 fully saturated rings. The second-order valence-electron chi connectivity index (χ2n) is 4.45. The number of aryl methyl sites for hydroxylation is 1. The van der Waals surface area contributed by atoms with E-state index in [1.165, 1.54) is 11.1 Å². The van der Waals surface area contributed by atoms with Gasteiger partial charge in [0.2, 0.25) is 0 Å². The molecule has 2 heterocycles. The lowest BCUT2D eigenvalue weighted by atomic mass is 10.0. The zero-order valence-electron chi connectivity index (χ0n) is 11.0. The second-order valence-corrected chi connectivity index (χ2v) is 4.45. The molecule has 2 rings (SSSR count). The normalized spacial score (nSPS) is 12.6. The Labute approximate surface area is 108 Å². The molecule has 0 aliphatic rings. The molecule has 0 saturated carbocycles. The van der Waals surface area contributed by atoms with Gasteiger partial charge in [-0.3, -0.25) is 9.67 Å².